The zero-order valence-corrected chi connectivity index (χ0v) is 13.2. The molecule has 0 spiro atoms. The first-order valence-electron chi connectivity index (χ1n) is 7.91. The number of nitrogens with one attached hydrogen (secondary N) is 1. The molecule has 2 heterocycles. The first-order chi connectivity index (χ1) is 10.6. The second kappa shape index (κ2) is 6.26. The number of nitrogens with zero attached hydrogens (tertiary/aromatic N) is 2. The smallest absolute Gasteiger partial charge is 0.272 e. The Hall–Kier alpha value is -2.23. The molecule has 0 aliphatic carbocycles. The van der Waals surface area contributed by atoms with Crippen LogP contribution in [0.2, 0.25) is 0 Å². The van der Waals surface area contributed by atoms with Gasteiger partial charge in [-0.1, -0.05) is 6.92 Å². The molecule has 116 valence electrons. The Balaban J connectivity index is 1.64. The van der Waals surface area contributed by atoms with Gasteiger partial charge in [0.1, 0.15) is 5.69 Å². The van der Waals surface area contributed by atoms with Crippen molar-refractivity contribution in [2.24, 2.45) is 13.0 Å². The fourth-order valence-electron chi connectivity index (χ4n) is 2.91. The van der Waals surface area contributed by atoms with Crippen LogP contribution in [0.15, 0.2) is 42.6 Å². The van der Waals surface area contributed by atoms with Gasteiger partial charge in [-0.05, 0) is 55.2 Å². The van der Waals surface area contributed by atoms with Gasteiger partial charge in [0.25, 0.3) is 5.91 Å². The summed E-state index contributed by atoms with van der Waals surface area (Å²) in [5, 5.41) is 2.94. The average Bonchev–Trinajstić information content (AvgIpc) is 2.95. The quantitative estimate of drug-likeness (QED) is 0.941. The number of carbonyl (C=O) groups excluding carboxylic acids is 1. The average molecular weight is 297 g/mol. The lowest BCUT2D eigenvalue weighted by molar-refractivity contribution is 0.101. The highest BCUT2D eigenvalue weighted by atomic mass is 16.1. The van der Waals surface area contributed by atoms with Crippen molar-refractivity contribution in [3.63, 3.8) is 0 Å². The number of aryl methyl sites for hydroxylation is 1. The van der Waals surface area contributed by atoms with Gasteiger partial charge in [0.15, 0.2) is 0 Å². The number of benzene rings is 1. The molecule has 0 bridgehead atoms. The van der Waals surface area contributed by atoms with Crippen molar-refractivity contribution in [1.29, 1.82) is 0 Å². The number of hydrogen-bond donors (Lipinski definition) is 1. The second-order valence-corrected chi connectivity index (χ2v) is 6.17. The monoisotopic (exact) mass is 297 g/mol. The maximum atomic E-state index is 12.2. The van der Waals surface area contributed by atoms with E-state index in [-0.39, 0.29) is 5.91 Å². The van der Waals surface area contributed by atoms with Crippen LogP contribution in [0.1, 0.15) is 30.3 Å². The molecule has 1 fully saturated rings. The van der Waals surface area contributed by atoms with E-state index in [0.29, 0.717) is 5.69 Å². The number of rotatable bonds is 3. The van der Waals surface area contributed by atoms with Gasteiger partial charge in [0.2, 0.25) is 0 Å². The van der Waals surface area contributed by atoms with E-state index in [1.165, 1.54) is 18.5 Å². The molecule has 0 atom stereocenters. The molecule has 1 aliphatic rings. The lowest BCUT2D eigenvalue weighted by atomic mass is 9.99. The summed E-state index contributed by atoms with van der Waals surface area (Å²) in [5.41, 5.74) is 2.73. The first kappa shape index (κ1) is 14.7. The number of anilines is 2. The van der Waals surface area contributed by atoms with Crippen molar-refractivity contribution in [3.05, 3.63) is 48.3 Å². The highest BCUT2D eigenvalue weighted by molar-refractivity contribution is 6.03. The van der Waals surface area contributed by atoms with Gasteiger partial charge in [0, 0.05) is 37.7 Å². The van der Waals surface area contributed by atoms with E-state index in [9.17, 15) is 4.79 Å². The van der Waals surface area contributed by atoms with Gasteiger partial charge >= 0.3 is 0 Å². The van der Waals surface area contributed by atoms with E-state index in [1.807, 2.05) is 42.1 Å². The van der Waals surface area contributed by atoms with Crippen molar-refractivity contribution < 1.29 is 4.79 Å². The summed E-state index contributed by atoms with van der Waals surface area (Å²) < 4.78 is 1.82. The van der Waals surface area contributed by atoms with E-state index in [1.54, 1.807) is 0 Å². The van der Waals surface area contributed by atoms with E-state index < -0.39 is 0 Å². The maximum absolute atomic E-state index is 12.2. The lowest BCUT2D eigenvalue weighted by Crippen LogP contribution is -2.32. The predicted octanol–water partition coefficient (Wildman–Crippen LogP) is 3.51. The minimum atomic E-state index is -0.0768. The third-order valence-electron chi connectivity index (χ3n) is 4.45. The highest BCUT2D eigenvalue weighted by Crippen LogP contribution is 2.24. The standard InChI is InChI=1S/C18H23N3O/c1-14-9-12-21(13-10-14)16-7-5-15(6-8-16)19-18(22)17-4-3-11-20(17)2/h3-8,11,14H,9-10,12-13H2,1-2H3,(H,19,22). The minimum absolute atomic E-state index is 0.0768. The largest absolute Gasteiger partial charge is 0.372 e. The number of hydrogen-bond acceptors (Lipinski definition) is 2. The summed E-state index contributed by atoms with van der Waals surface area (Å²) in [6.45, 7) is 4.56. The Morgan fingerprint density at radius 2 is 1.82 bits per heavy atom. The zero-order valence-electron chi connectivity index (χ0n) is 13.2. The summed E-state index contributed by atoms with van der Waals surface area (Å²) >= 11 is 0. The van der Waals surface area contributed by atoms with Gasteiger partial charge in [-0.15, -0.1) is 0 Å². The van der Waals surface area contributed by atoms with Crippen LogP contribution in [0.25, 0.3) is 0 Å². The van der Waals surface area contributed by atoms with Crippen molar-refractivity contribution >= 4 is 17.3 Å². The Morgan fingerprint density at radius 1 is 1.14 bits per heavy atom. The van der Waals surface area contributed by atoms with E-state index in [0.717, 1.165) is 24.7 Å². The number of amides is 1. The van der Waals surface area contributed by atoms with Crippen LogP contribution >= 0.6 is 0 Å². The molecule has 0 saturated carbocycles. The third-order valence-corrected chi connectivity index (χ3v) is 4.45. The Kier molecular flexibility index (Phi) is 4.18. The number of carbonyl (C=O) groups is 1. The van der Waals surface area contributed by atoms with Crippen molar-refractivity contribution in [2.45, 2.75) is 19.8 Å². The van der Waals surface area contributed by atoms with Crippen molar-refractivity contribution in [1.82, 2.24) is 4.57 Å². The molecule has 3 rings (SSSR count). The summed E-state index contributed by atoms with van der Waals surface area (Å²) in [5.74, 6) is 0.757. The molecule has 0 unspecified atom stereocenters. The minimum Gasteiger partial charge on any atom is -0.372 e. The topological polar surface area (TPSA) is 37.3 Å². The molecule has 4 heteroatoms. The van der Waals surface area contributed by atoms with Gasteiger partial charge in [-0.3, -0.25) is 4.79 Å². The SMILES string of the molecule is CC1CCN(c2ccc(NC(=O)c3cccn3C)cc2)CC1. The second-order valence-electron chi connectivity index (χ2n) is 6.17. The molecule has 22 heavy (non-hydrogen) atoms. The van der Waals surface area contributed by atoms with Gasteiger partial charge < -0.3 is 14.8 Å². The van der Waals surface area contributed by atoms with Crippen molar-refractivity contribution in [3.8, 4) is 0 Å². The summed E-state index contributed by atoms with van der Waals surface area (Å²) in [4.78, 5) is 14.6. The molecule has 1 N–H and O–H groups in total. The van der Waals surface area contributed by atoms with Crippen LogP contribution in [0.5, 0.6) is 0 Å². The van der Waals surface area contributed by atoms with Gasteiger partial charge in [-0.2, -0.15) is 0 Å². The van der Waals surface area contributed by atoms with Gasteiger partial charge in [0.05, 0.1) is 0 Å². The maximum Gasteiger partial charge on any atom is 0.272 e. The highest BCUT2D eigenvalue weighted by Gasteiger charge is 2.16. The predicted molar refractivity (Wildman–Crippen MR) is 90.4 cm³/mol. The van der Waals surface area contributed by atoms with Crippen LogP contribution in [-0.2, 0) is 7.05 Å². The molecular formula is C18H23N3O. The molecule has 2 aromatic rings. The van der Waals surface area contributed by atoms with Crippen LogP contribution in [0, 0.1) is 5.92 Å². The molecule has 1 aromatic carbocycles. The summed E-state index contributed by atoms with van der Waals surface area (Å²) in [7, 11) is 1.87. The summed E-state index contributed by atoms with van der Waals surface area (Å²) in [6.07, 6.45) is 4.38. The molecular weight excluding hydrogens is 274 g/mol. The Morgan fingerprint density at radius 3 is 2.41 bits per heavy atom. The van der Waals surface area contributed by atoms with Gasteiger partial charge in [-0.25, -0.2) is 0 Å². The zero-order chi connectivity index (χ0) is 15.5. The van der Waals surface area contributed by atoms with Crippen molar-refractivity contribution in [2.75, 3.05) is 23.3 Å². The van der Waals surface area contributed by atoms with E-state index in [2.05, 4.69) is 29.3 Å². The van der Waals surface area contributed by atoms with Crippen LogP contribution in [0.3, 0.4) is 0 Å². The third kappa shape index (κ3) is 3.16. The van der Waals surface area contributed by atoms with Crippen LogP contribution < -0.4 is 10.2 Å². The fourth-order valence-corrected chi connectivity index (χ4v) is 2.91. The molecule has 1 aromatic heterocycles. The Bertz CT molecular complexity index is 637. The number of piperidine rings is 1. The van der Waals surface area contributed by atoms with Crippen LogP contribution in [0.4, 0.5) is 11.4 Å². The normalized spacial score (nSPS) is 15.8. The van der Waals surface area contributed by atoms with E-state index >= 15 is 0 Å². The molecule has 4 nitrogen and oxygen atoms in total. The first-order valence-corrected chi connectivity index (χ1v) is 7.91. The lowest BCUT2D eigenvalue weighted by Gasteiger charge is -2.32. The Labute approximate surface area is 131 Å². The summed E-state index contributed by atoms with van der Waals surface area (Å²) in [6, 6.07) is 11.8. The molecule has 1 saturated heterocycles. The number of aromatic nitrogens is 1. The van der Waals surface area contributed by atoms with Crippen LogP contribution in [-0.4, -0.2) is 23.6 Å². The molecule has 1 amide bonds. The van der Waals surface area contributed by atoms with E-state index in [4.69, 9.17) is 0 Å². The molecule has 0 radical (unpaired) electrons. The fraction of sp³-hybridized carbons (Fsp3) is 0.389. The molecule has 1 aliphatic heterocycles.